The van der Waals surface area contributed by atoms with E-state index < -0.39 is 22.4 Å². The van der Waals surface area contributed by atoms with Gasteiger partial charge < -0.3 is 5.32 Å². The van der Waals surface area contributed by atoms with E-state index in [9.17, 15) is 19.7 Å². The minimum absolute atomic E-state index is 0.176. The van der Waals surface area contributed by atoms with Crippen molar-refractivity contribution < 1.29 is 14.5 Å². The number of hydrogen-bond donors (Lipinski definition) is 1. The number of imide groups is 1. The average molecular weight is 274 g/mol. The zero-order valence-electron chi connectivity index (χ0n) is 10.5. The molecule has 0 aromatic heterocycles. The van der Waals surface area contributed by atoms with Gasteiger partial charge in [0.15, 0.2) is 0 Å². The number of amides is 3. The maximum absolute atomic E-state index is 12.2. The van der Waals surface area contributed by atoms with Gasteiger partial charge in [-0.05, 0) is 12.5 Å². The summed E-state index contributed by atoms with van der Waals surface area (Å²) < 4.78 is 0. The minimum Gasteiger partial charge on any atom is -0.319 e. The lowest BCUT2D eigenvalue weighted by atomic mass is 9.91. The van der Waals surface area contributed by atoms with Gasteiger partial charge in [-0.3, -0.25) is 14.9 Å². The molecule has 0 aliphatic carbocycles. The van der Waals surface area contributed by atoms with E-state index >= 15 is 0 Å². The molecule has 1 aliphatic heterocycles. The number of carbonyl (C=O) groups excluding carboxylic acids is 2. The van der Waals surface area contributed by atoms with Crippen molar-refractivity contribution in [2.24, 2.45) is 0 Å². The fourth-order valence-electron chi connectivity index (χ4n) is 2.04. The van der Waals surface area contributed by atoms with Gasteiger partial charge in [-0.2, -0.15) is 5.26 Å². The topological polar surface area (TPSA) is 116 Å². The zero-order valence-corrected chi connectivity index (χ0v) is 10.5. The molecule has 1 aromatic carbocycles. The van der Waals surface area contributed by atoms with Crippen molar-refractivity contribution in [2.45, 2.75) is 12.5 Å². The Labute approximate surface area is 113 Å². The van der Waals surface area contributed by atoms with E-state index in [4.69, 9.17) is 5.26 Å². The minimum atomic E-state index is -1.40. The Morgan fingerprint density at radius 2 is 2.20 bits per heavy atom. The Hall–Kier alpha value is -2.95. The molecule has 20 heavy (non-hydrogen) atoms. The summed E-state index contributed by atoms with van der Waals surface area (Å²) in [5, 5.41) is 21.8. The second kappa shape index (κ2) is 4.62. The molecule has 0 spiro atoms. The highest BCUT2D eigenvalue weighted by Gasteiger charge is 2.49. The monoisotopic (exact) mass is 274 g/mol. The summed E-state index contributed by atoms with van der Waals surface area (Å²) in [6.45, 7) is 1.08. The number of hydrogen-bond acceptors (Lipinski definition) is 5. The molecule has 1 atom stereocenters. The molecule has 0 bridgehead atoms. The van der Waals surface area contributed by atoms with E-state index in [-0.39, 0.29) is 12.2 Å². The van der Waals surface area contributed by atoms with E-state index in [0.717, 1.165) is 4.90 Å². The van der Waals surface area contributed by atoms with Gasteiger partial charge in [0.25, 0.3) is 11.6 Å². The van der Waals surface area contributed by atoms with Gasteiger partial charge in [-0.25, -0.2) is 9.69 Å². The summed E-state index contributed by atoms with van der Waals surface area (Å²) in [5.41, 5.74) is -1.28. The lowest BCUT2D eigenvalue weighted by molar-refractivity contribution is -0.385. The highest BCUT2D eigenvalue weighted by Crippen LogP contribution is 2.30. The van der Waals surface area contributed by atoms with Crippen LogP contribution in [0, 0.1) is 21.4 Å². The van der Waals surface area contributed by atoms with Crippen LogP contribution in [-0.2, 0) is 10.3 Å². The molecule has 1 aromatic rings. The van der Waals surface area contributed by atoms with Crippen LogP contribution in [0.25, 0.3) is 0 Å². The lowest BCUT2D eigenvalue weighted by Crippen LogP contribution is -2.41. The predicted molar refractivity (Wildman–Crippen MR) is 66.3 cm³/mol. The van der Waals surface area contributed by atoms with Gasteiger partial charge in [0, 0.05) is 12.1 Å². The second-order valence-corrected chi connectivity index (χ2v) is 4.41. The highest BCUT2D eigenvalue weighted by atomic mass is 16.6. The third-order valence-electron chi connectivity index (χ3n) is 3.14. The van der Waals surface area contributed by atoms with Crippen molar-refractivity contribution in [1.82, 2.24) is 10.2 Å². The summed E-state index contributed by atoms with van der Waals surface area (Å²) in [7, 11) is 0. The van der Waals surface area contributed by atoms with Crippen LogP contribution in [0.15, 0.2) is 24.3 Å². The zero-order chi connectivity index (χ0) is 14.9. The Bertz CT molecular complexity index is 651. The van der Waals surface area contributed by atoms with Crippen molar-refractivity contribution in [3.63, 3.8) is 0 Å². The molecule has 0 saturated carbocycles. The van der Waals surface area contributed by atoms with E-state index in [2.05, 4.69) is 5.32 Å². The Morgan fingerprint density at radius 1 is 1.50 bits per heavy atom. The third kappa shape index (κ3) is 1.95. The molecular weight excluding hydrogens is 264 g/mol. The van der Waals surface area contributed by atoms with Crippen molar-refractivity contribution in [3.8, 4) is 6.07 Å². The van der Waals surface area contributed by atoms with E-state index in [1.165, 1.54) is 31.2 Å². The summed E-state index contributed by atoms with van der Waals surface area (Å²) in [5.74, 6) is -0.607. The normalized spacial score (nSPS) is 21.5. The van der Waals surface area contributed by atoms with Gasteiger partial charge >= 0.3 is 6.03 Å². The number of nitro benzene ring substituents is 1. The van der Waals surface area contributed by atoms with Crippen LogP contribution >= 0.6 is 0 Å². The summed E-state index contributed by atoms with van der Waals surface area (Å²) in [4.78, 5) is 34.9. The van der Waals surface area contributed by atoms with Crippen molar-refractivity contribution in [1.29, 1.82) is 5.26 Å². The van der Waals surface area contributed by atoms with E-state index in [0.29, 0.717) is 5.56 Å². The van der Waals surface area contributed by atoms with Crippen LogP contribution in [0.2, 0.25) is 0 Å². The number of urea groups is 1. The number of non-ortho nitro benzene ring substituents is 1. The number of benzene rings is 1. The first-order valence-corrected chi connectivity index (χ1v) is 5.66. The first kappa shape index (κ1) is 13.5. The molecule has 3 amide bonds. The SMILES string of the molecule is CC1(c2cccc([N+](=O)[O-])c2)NC(=O)N(CC#N)C1=O. The summed E-state index contributed by atoms with van der Waals surface area (Å²) >= 11 is 0. The number of rotatable bonds is 3. The molecule has 8 nitrogen and oxygen atoms in total. The number of nitrogens with zero attached hydrogens (tertiary/aromatic N) is 3. The standard InChI is InChI=1S/C12H10N4O4/c1-12(8-3-2-4-9(7-8)16(19)20)10(17)15(6-5-13)11(18)14-12/h2-4,7H,6H2,1H3,(H,14,18). The smallest absolute Gasteiger partial charge is 0.319 e. The Morgan fingerprint density at radius 3 is 2.80 bits per heavy atom. The number of carbonyl (C=O) groups is 2. The first-order chi connectivity index (χ1) is 9.40. The van der Waals surface area contributed by atoms with Crippen LogP contribution in [0.3, 0.4) is 0 Å². The van der Waals surface area contributed by atoms with E-state index in [1.807, 2.05) is 0 Å². The van der Waals surface area contributed by atoms with Gasteiger partial charge in [-0.1, -0.05) is 12.1 Å². The van der Waals surface area contributed by atoms with Gasteiger partial charge in [0.2, 0.25) is 0 Å². The predicted octanol–water partition coefficient (Wildman–Crippen LogP) is 0.885. The lowest BCUT2D eigenvalue weighted by Gasteiger charge is -2.21. The van der Waals surface area contributed by atoms with Crippen LogP contribution in [0.1, 0.15) is 12.5 Å². The first-order valence-electron chi connectivity index (χ1n) is 5.66. The molecule has 1 saturated heterocycles. The van der Waals surface area contributed by atoms with Gasteiger partial charge in [0.1, 0.15) is 12.1 Å². The van der Waals surface area contributed by atoms with Crippen molar-refractivity contribution in [3.05, 3.63) is 39.9 Å². The van der Waals surface area contributed by atoms with Crippen LogP contribution < -0.4 is 5.32 Å². The highest BCUT2D eigenvalue weighted by molar-refractivity contribution is 6.07. The fraction of sp³-hybridized carbons (Fsp3) is 0.250. The van der Waals surface area contributed by atoms with Gasteiger partial charge in [0.05, 0.1) is 11.0 Å². The molecule has 1 heterocycles. The molecule has 102 valence electrons. The maximum Gasteiger partial charge on any atom is 0.326 e. The Kier molecular flexibility index (Phi) is 3.11. The molecule has 1 N–H and O–H groups in total. The maximum atomic E-state index is 12.2. The van der Waals surface area contributed by atoms with E-state index in [1.54, 1.807) is 6.07 Å². The molecule has 0 radical (unpaired) electrons. The van der Waals surface area contributed by atoms with Crippen molar-refractivity contribution in [2.75, 3.05) is 6.54 Å². The average Bonchev–Trinajstić information content (AvgIpc) is 2.64. The summed E-state index contributed by atoms with van der Waals surface area (Å²) in [6.07, 6.45) is 0. The number of nitrogens with one attached hydrogen (secondary N) is 1. The van der Waals surface area contributed by atoms with Crippen LogP contribution in [0.5, 0.6) is 0 Å². The van der Waals surface area contributed by atoms with Crippen molar-refractivity contribution >= 4 is 17.6 Å². The molecule has 1 fully saturated rings. The third-order valence-corrected chi connectivity index (χ3v) is 3.14. The Balaban J connectivity index is 2.44. The summed E-state index contributed by atoms with van der Waals surface area (Å²) in [6, 6.07) is 6.51. The molecular formula is C12H10N4O4. The molecule has 2 rings (SSSR count). The number of nitriles is 1. The van der Waals surface area contributed by atoms with Crippen LogP contribution in [-0.4, -0.2) is 28.3 Å². The number of nitro groups is 1. The fourth-order valence-corrected chi connectivity index (χ4v) is 2.04. The molecule has 8 heteroatoms. The quantitative estimate of drug-likeness (QED) is 0.380. The molecule has 1 aliphatic rings. The largest absolute Gasteiger partial charge is 0.326 e. The van der Waals surface area contributed by atoms with Gasteiger partial charge in [-0.15, -0.1) is 0 Å². The molecule has 1 unspecified atom stereocenters. The second-order valence-electron chi connectivity index (χ2n) is 4.41. The van der Waals surface area contributed by atoms with Crippen LogP contribution in [0.4, 0.5) is 10.5 Å².